The van der Waals surface area contributed by atoms with Crippen LogP contribution in [0.2, 0.25) is 0 Å². The number of amides is 1. The molecule has 2 aliphatic heterocycles. The Hall–Kier alpha value is -0.370. The van der Waals surface area contributed by atoms with Crippen LogP contribution in [0, 0.1) is 5.92 Å². The highest BCUT2D eigenvalue weighted by atomic mass is 35.5. The zero-order valence-electron chi connectivity index (χ0n) is 13.2. The minimum absolute atomic E-state index is 0. The van der Waals surface area contributed by atoms with Gasteiger partial charge in [0.2, 0.25) is 5.91 Å². The summed E-state index contributed by atoms with van der Waals surface area (Å²) in [4.78, 5) is 14.2. The molecule has 2 saturated heterocycles. The van der Waals surface area contributed by atoms with Crippen molar-refractivity contribution in [3.05, 3.63) is 0 Å². The van der Waals surface area contributed by atoms with Crippen LogP contribution in [-0.4, -0.2) is 69.5 Å². The van der Waals surface area contributed by atoms with Gasteiger partial charge < -0.3 is 10.6 Å². The quantitative estimate of drug-likeness (QED) is 0.704. The van der Waals surface area contributed by atoms with E-state index in [1.807, 2.05) is 0 Å². The molecule has 2 N–H and O–H groups in total. The van der Waals surface area contributed by atoms with Crippen molar-refractivity contribution in [2.75, 3.05) is 44.2 Å². The van der Waals surface area contributed by atoms with Gasteiger partial charge in [0.25, 0.3) is 0 Å². The molecular formula is C14H28ClN3O3S. The van der Waals surface area contributed by atoms with E-state index in [1.165, 1.54) is 12.8 Å². The Bertz CT molecular complexity index is 452. The molecule has 0 aromatic carbocycles. The number of carbonyl (C=O) groups is 1. The van der Waals surface area contributed by atoms with Gasteiger partial charge >= 0.3 is 0 Å². The molecule has 0 radical (unpaired) electrons. The second-order valence-electron chi connectivity index (χ2n) is 6.21. The summed E-state index contributed by atoms with van der Waals surface area (Å²) in [6, 6.07) is -0.197. The third-order valence-corrected chi connectivity index (χ3v) is 6.10. The van der Waals surface area contributed by atoms with Crippen molar-refractivity contribution in [1.29, 1.82) is 0 Å². The number of rotatable bonds is 6. The molecule has 2 heterocycles. The fourth-order valence-electron chi connectivity index (χ4n) is 3.14. The van der Waals surface area contributed by atoms with Crippen LogP contribution in [0.5, 0.6) is 0 Å². The number of halogens is 1. The molecule has 0 aromatic rings. The summed E-state index contributed by atoms with van der Waals surface area (Å²) in [5, 5.41) is 6.25. The van der Waals surface area contributed by atoms with E-state index in [9.17, 15) is 13.2 Å². The van der Waals surface area contributed by atoms with Gasteiger partial charge in [0.05, 0.1) is 18.1 Å². The first-order valence-corrected chi connectivity index (χ1v) is 9.73. The fourth-order valence-corrected chi connectivity index (χ4v) is 4.81. The Kier molecular flexibility index (Phi) is 8.10. The summed E-state index contributed by atoms with van der Waals surface area (Å²) in [5.74, 6) is 0.849. The molecule has 2 atom stereocenters. The SMILES string of the molecule is CCN(CC(=O)NC1CCS(=O)(=O)C1)CC1CCCNC1.Cl. The largest absolute Gasteiger partial charge is 0.351 e. The molecule has 1 amide bonds. The molecule has 130 valence electrons. The van der Waals surface area contributed by atoms with E-state index in [1.54, 1.807) is 0 Å². The second kappa shape index (κ2) is 9.05. The van der Waals surface area contributed by atoms with E-state index in [0.29, 0.717) is 18.9 Å². The first-order valence-electron chi connectivity index (χ1n) is 7.91. The zero-order valence-corrected chi connectivity index (χ0v) is 14.8. The fraction of sp³-hybridized carbons (Fsp3) is 0.929. The molecule has 2 aliphatic rings. The summed E-state index contributed by atoms with van der Waals surface area (Å²) in [5.41, 5.74) is 0. The number of carbonyl (C=O) groups excluding carboxylic acids is 1. The smallest absolute Gasteiger partial charge is 0.234 e. The van der Waals surface area contributed by atoms with Gasteiger partial charge in [0.15, 0.2) is 9.84 Å². The lowest BCUT2D eigenvalue weighted by Crippen LogP contribution is -2.45. The van der Waals surface area contributed by atoms with Crippen LogP contribution < -0.4 is 10.6 Å². The molecule has 0 aromatic heterocycles. The average Bonchev–Trinajstić information content (AvgIpc) is 2.78. The summed E-state index contributed by atoms with van der Waals surface area (Å²) < 4.78 is 22.8. The zero-order chi connectivity index (χ0) is 15.3. The van der Waals surface area contributed by atoms with Gasteiger partial charge in [-0.15, -0.1) is 12.4 Å². The van der Waals surface area contributed by atoms with Crippen LogP contribution >= 0.6 is 12.4 Å². The van der Waals surface area contributed by atoms with Gasteiger partial charge in [-0.25, -0.2) is 8.42 Å². The minimum atomic E-state index is -2.93. The van der Waals surface area contributed by atoms with E-state index < -0.39 is 9.84 Å². The lowest BCUT2D eigenvalue weighted by atomic mass is 9.99. The van der Waals surface area contributed by atoms with Crippen molar-refractivity contribution in [2.45, 2.75) is 32.2 Å². The lowest BCUT2D eigenvalue weighted by molar-refractivity contribution is -0.122. The van der Waals surface area contributed by atoms with E-state index in [4.69, 9.17) is 0 Å². The Morgan fingerprint density at radius 3 is 2.68 bits per heavy atom. The van der Waals surface area contributed by atoms with E-state index in [0.717, 1.165) is 26.2 Å². The first-order chi connectivity index (χ1) is 9.98. The monoisotopic (exact) mass is 353 g/mol. The highest BCUT2D eigenvalue weighted by molar-refractivity contribution is 7.91. The van der Waals surface area contributed by atoms with Crippen molar-refractivity contribution in [1.82, 2.24) is 15.5 Å². The molecule has 2 fully saturated rings. The first kappa shape index (κ1) is 19.7. The molecule has 0 bridgehead atoms. The maximum Gasteiger partial charge on any atom is 0.234 e. The van der Waals surface area contributed by atoms with Gasteiger partial charge in [0, 0.05) is 12.6 Å². The van der Waals surface area contributed by atoms with Gasteiger partial charge in [-0.1, -0.05) is 6.92 Å². The van der Waals surface area contributed by atoms with Crippen LogP contribution in [0.3, 0.4) is 0 Å². The third kappa shape index (κ3) is 6.40. The van der Waals surface area contributed by atoms with Gasteiger partial charge in [-0.05, 0) is 44.8 Å². The van der Waals surface area contributed by atoms with Gasteiger partial charge in [0.1, 0.15) is 0 Å². The van der Waals surface area contributed by atoms with Crippen molar-refractivity contribution < 1.29 is 13.2 Å². The summed E-state index contributed by atoms with van der Waals surface area (Å²) >= 11 is 0. The molecular weight excluding hydrogens is 326 g/mol. The Labute approximate surface area is 139 Å². The lowest BCUT2D eigenvalue weighted by Gasteiger charge is -2.29. The van der Waals surface area contributed by atoms with Crippen molar-refractivity contribution >= 4 is 28.2 Å². The van der Waals surface area contributed by atoms with Crippen LogP contribution in [0.4, 0.5) is 0 Å². The summed E-state index contributed by atoms with van der Waals surface area (Å²) in [6.07, 6.45) is 2.97. The predicted molar refractivity (Wildman–Crippen MR) is 90.2 cm³/mol. The van der Waals surface area contributed by atoms with E-state index >= 15 is 0 Å². The van der Waals surface area contributed by atoms with E-state index in [2.05, 4.69) is 22.5 Å². The molecule has 0 spiro atoms. The molecule has 22 heavy (non-hydrogen) atoms. The van der Waals surface area contributed by atoms with Crippen molar-refractivity contribution in [3.63, 3.8) is 0 Å². The number of likely N-dealkylation sites (N-methyl/N-ethyl adjacent to an activating group) is 1. The third-order valence-electron chi connectivity index (χ3n) is 4.33. The number of nitrogens with zero attached hydrogens (tertiary/aromatic N) is 1. The highest BCUT2D eigenvalue weighted by Crippen LogP contribution is 2.13. The number of hydrogen-bond donors (Lipinski definition) is 2. The number of piperidine rings is 1. The summed E-state index contributed by atoms with van der Waals surface area (Å²) in [6.45, 7) is 6.32. The molecule has 0 aliphatic carbocycles. The normalized spacial score (nSPS) is 27.4. The molecule has 6 nitrogen and oxygen atoms in total. The number of nitrogens with one attached hydrogen (secondary N) is 2. The predicted octanol–water partition coefficient (Wildman–Crippen LogP) is 0.0330. The van der Waals surface area contributed by atoms with Crippen LogP contribution in [0.1, 0.15) is 26.2 Å². The molecule has 0 saturated carbocycles. The number of hydrogen-bond acceptors (Lipinski definition) is 5. The number of sulfone groups is 1. The minimum Gasteiger partial charge on any atom is -0.351 e. The Morgan fingerprint density at radius 1 is 1.36 bits per heavy atom. The maximum absolute atomic E-state index is 12.1. The van der Waals surface area contributed by atoms with Gasteiger partial charge in [-0.3, -0.25) is 9.69 Å². The van der Waals surface area contributed by atoms with Crippen LogP contribution in [0.15, 0.2) is 0 Å². The topological polar surface area (TPSA) is 78.5 Å². The summed E-state index contributed by atoms with van der Waals surface area (Å²) in [7, 11) is -2.93. The van der Waals surface area contributed by atoms with Gasteiger partial charge in [-0.2, -0.15) is 0 Å². The van der Waals surface area contributed by atoms with Crippen LogP contribution in [-0.2, 0) is 14.6 Å². The molecule has 8 heteroatoms. The van der Waals surface area contributed by atoms with Crippen LogP contribution in [0.25, 0.3) is 0 Å². The molecule has 2 unspecified atom stereocenters. The second-order valence-corrected chi connectivity index (χ2v) is 8.44. The Balaban J connectivity index is 0.00000242. The maximum atomic E-state index is 12.1. The standard InChI is InChI=1S/C14H27N3O3S.ClH/c1-2-17(9-12-4-3-6-15-8-12)10-14(18)16-13-5-7-21(19,20)11-13;/h12-13,15H,2-11H2,1H3,(H,16,18);1H. The highest BCUT2D eigenvalue weighted by Gasteiger charge is 2.29. The van der Waals surface area contributed by atoms with Crippen molar-refractivity contribution in [2.24, 2.45) is 5.92 Å². The average molecular weight is 354 g/mol. The Morgan fingerprint density at radius 2 is 2.14 bits per heavy atom. The van der Waals surface area contributed by atoms with Crippen molar-refractivity contribution in [3.8, 4) is 0 Å². The molecule has 2 rings (SSSR count). The van der Waals surface area contributed by atoms with E-state index in [-0.39, 0.29) is 35.9 Å².